The van der Waals surface area contributed by atoms with E-state index < -0.39 is 17.1 Å². The second-order valence-corrected chi connectivity index (χ2v) is 12.7. The van der Waals surface area contributed by atoms with Gasteiger partial charge in [0.2, 0.25) is 17.6 Å². The normalized spacial score (nSPS) is 14.5. The smallest absolute Gasteiger partial charge is 0.272 e. The van der Waals surface area contributed by atoms with Gasteiger partial charge in [0.1, 0.15) is 5.70 Å². The molecule has 0 saturated carbocycles. The van der Waals surface area contributed by atoms with Crippen molar-refractivity contribution in [2.24, 2.45) is 0 Å². The molecule has 1 aliphatic rings. The standard InChI is InChI=1S/C35H30IN3O7S/c1-44-28-18-21(19-29(45-2)32(28)46-3)17-27(38-33(41)22-7-5-4-6-8-22)34(42)37-24-11-15-26(16-12-24)47-30-20-31(40)39(35(30)43)25-13-9-23(36)10-14-25/h4-19,30H,20H2,1-3H3,(H,37,42)(H,38,41)/b27-17-. The van der Waals surface area contributed by atoms with Gasteiger partial charge in [0.25, 0.3) is 11.8 Å². The predicted molar refractivity (Wildman–Crippen MR) is 189 cm³/mol. The minimum absolute atomic E-state index is 0.0302. The van der Waals surface area contributed by atoms with Crippen molar-refractivity contribution in [2.45, 2.75) is 16.6 Å². The van der Waals surface area contributed by atoms with E-state index in [0.29, 0.717) is 39.8 Å². The monoisotopic (exact) mass is 763 g/mol. The first-order chi connectivity index (χ1) is 22.7. The van der Waals surface area contributed by atoms with Crippen LogP contribution in [0.2, 0.25) is 0 Å². The third-order valence-electron chi connectivity index (χ3n) is 7.11. The third-order valence-corrected chi connectivity index (χ3v) is 9.02. The summed E-state index contributed by atoms with van der Waals surface area (Å²) in [4.78, 5) is 54.4. The summed E-state index contributed by atoms with van der Waals surface area (Å²) in [5.74, 6) is -0.421. The van der Waals surface area contributed by atoms with Crippen molar-refractivity contribution in [2.75, 3.05) is 31.5 Å². The van der Waals surface area contributed by atoms with Crippen molar-refractivity contribution in [1.82, 2.24) is 5.32 Å². The molecule has 1 atom stereocenters. The van der Waals surface area contributed by atoms with E-state index in [4.69, 9.17) is 14.2 Å². The number of nitrogens with one attached hydrogen (secondary N) is 2. The van der Waals surface area contributed by atoms with Gasteiger partial charge < -0.3 is 24.8 Å². The Morgan fingerprint density at radius 3 is 2.11 bits per heavy atom. The fourth-order valence-electron chi connectivity index (χ4n) is 4.83. The van der Waals surface area contributed by atoms with Crippen LogP contribution < -0.4 is 29.7 Å². The van der Waals surface area contributed by atoms with E-state index in [1.165, 1.54) is 44.1 Å². The lowest BCUT2D eigenvalue weighted by molar-refractivity contribution is -0.121. The van der Waals surface area contributed by atoms with Gasteiger partial charge in [-0.2, -0.15) is 0 Å². The number of benzene rings is 4. The molecule has 4 amide bonds. The number of nitrogens with zero attached hydrogens (tertiary/aromatic N) is 1. The SMILES string of the molecule is COc1cc(/C=C(\NC(=O)c2ccccc2)C(=O)Nc2ccc(SC3CC(=O)N(c4ccc(I)cc4)C3=O)cc2)cc(OC)c1OC. The highest BCUT2D eigenvalue weighted by molar-refractivity contribution is 14.1. The molecular formula is C35H30IN3O7S. The van der Waals surface area contributed by atoms with Gasteiger partial charge in [-0.1, -0.05) is 18.2 Å². The first-order valence-corrected chi connectivity index (χ1v) is 16.2. The molecule has 1 heterocycles. The van der Waals surface area contributed by atoms with Crippen molar-refractivity contribution in [1.29, 1.82) is 0 Å². The van der Waals surface area contributed by atoms with E-state index in [1.54, 1.807) is 78.9 Å². The van der Waals surface area contributed by atoms with Crippen LogP contribution in [0.25, 0.3) is 6.08 Å². The Hall–Kier alpha value is -4.82. The number of ether oxygens (including phenoxy) is 3. The summed E-state index contributed by atoms with van der Waals surface area (Å²) < 4.78 is 17.3. The van der Waals surface area contributed by atoms with Crippen molar-refractivity contribution in [3.05, 3.63) is 111 Å². The Morgan fingerprint density at radius 2 is 1.51 bits per heavy atom. The highest BCUT2D eigenvalue weighted by Gasteiger charge is 2.40. The van der Waals surface area contributed by atoms with Crippen molar-refractivity contribution < 1.29 is 33.4 Å². The van der Waals surface area contributed by atoms with Gasteiger partial charge in [-0.15, -0.1) is 11.8 Å². The summed E-state index contributed by atoms with van der Waals surface area (Å²) in [5.41, 5.74) is 1.87. The predicted octanol–water partition coefficient (Wildman–Crippen LogP) is 6.15. The molecule has 0 bridgehead atoms. The molecule has 1 saturated heterocycles. The van der Waals surface area contributed by atoms with Crippen LogP contribution in [0, 0.1) is 3.57 Å². The Labute approximate surface area is 289 Å². The minimum Gasteiger partial charge on any atom is -0.493 e. The highest BCUT2D eigenvalue weighted by Crippen LogP contribution is 2.39. The Bertz CT molecular complexity index is 1810. The average Bonchev–Trinajstić information content (AvgIpc) is 3.36. The van der Waals surface area contributed by atoms with Crippen LogP contribution in [0.5, 0.6) is 17.2 Å². The quantitative estimate of drug-likeness (QED) is 0.106. The summed E-state index contributed by atoms with van der Waals surface area (Å²) >= 11 is 3.46. The van der Waals surface area contributed by atoms with E-state index in [2.05, 4.69) is 33.2 Å². The summed E-state index contributed by atoms with van der Waals surface area (Å²) in [5, 5.41) is 4.97. The fourth-order valence-corrected chi connectivity index (χ4v) is 6.24. The molecule has 5 rings (SSSR count). The van der Waals surface area contributed by atoms with E-state index in [0.717, 1.165) is 8.47 Å². The number of carbonyl (C=O) groups is 4. The molecule has 0 aromatic heterocycles. The van der Waals surface area contributed by atoms with E-state index in [1.807, 2.05) is 12.1 Å². The minimum atomic E-state index is -0.576. The van der Waals surface area contributed by atoms with E-state index in [9.17, 15) is 19.2 Å². The third kappa shape index (κ3) is 7.95. The van der Waals surface area contributed by atoms with Gasteiger partial charge in [-0.25, -0.2) is 4.90 Å². The molecule has 1 fully saturated rings. The Kier molecular flexibility index (Phi) is 10.8. The average molecular weight is 764 g/mol. The largest absolute Gasteiger partial charge is 0.493 e. The lowest BCUT2D eigenvalue weighted by atomic mass is 10.1. The molecule has 0 aliphatic carbocycles. The van der Waals surface area contributed by atoms with Crippen LogP contribution in [0.3, 0.4) is 0 Å². The molecule has 2 N–H and O–H groups in total. The highest BCUT2D eigenvalue weighted by atomic mass is 127. The van der Waals surface area contributed by atoms with Crippen LogP contribution in [-0.4, -0.2) is 50.2 Å². The zero-order valence-corrected chi connectivity index (χ0v) is 28.6. The number of rotatable bonds is 11. The number of thioether (sulfide) groups is 1. The maximum absolute atomic E-state index is 13.6. The van der Waals surface area contributed by atoms with Gasteiger partial charge in [0, 0.05) is 26.1 Å². The number of hydrogen-bond donors (Lipinski definition) is 2. The van der Waals surface area contributed by atoms with Gasteiger partial charge in [0.05, 0.1) is 32.3 Å². The first kappa shape index (κ1) is 33.5. The number of methoxy groups -OCH3 is 3. The number of amides is 4. The number of hydrogen-bond acceptors (Lipinski definition) is 8. The maximum atomic E-state index is 13.6. The molecule has 0 spiro atoms. The number of carbonyl (C=O) groups excluding carboxylic acids is 4. The van der Waals surface area contributed by atoms with Crippen molar-refractivity contribution in [3.63, 3.8) is 0 Å². The summed E-state index contributed by atoms with van der Waals surface area (Å²) in [6, 6.07) is 26.0. The van der Waals surface area contributed by atoms with Crippen molar-refractivity contribution >= 4 is 75.4 Å². The van der Waals surface area contributed by atoms with Crippen LogP contribution in [0.4, 0.5) is 11.4 Å². The molecule has 1 unspecified atom stereocenters. The zero-order chi connectivity index (χ0) is 33.5. The second kappa shape index (κ2) is 15.2. The van der Waals surface area contributed by atoms with Crippen LogP contribution in [0.1, 0.15) is 22.3 Å². The van der Waals surface area contributed by atoms with Crippen LogP contribution in [-0.2, 0) is 14.4 Å². The zero-order valence-electron chi connectivity index (χ0n) is 25.6. The van der Waals surface area contributed by atoms with Gasteiger partial charge in [0.15, 0.2) is 11.5 Å². The lowest BCUT2D eigenvalue weighted by Crippen LogP contribution is -2.31. The molecule has 12 heteroatoms. The van der Waals surface area contributed by atoms with Crippen LogP contribution >= 0.6 is 34.4 Å². The number of imide groups is 1. The second-order valence-electron chi connectivity index (χ2n) is 10.2. The summed E-state index contributed by atoms with van der Waals surface area (Å²) in [6.07, 6.45) is 1.59. The molecule has 10 nitrogen and oxygen atoms in total. The van der Waals surface area contributed by atoms with Crippen LogP contribution in [0.15, 0.2) is 102 Å². The van der Waals surface area contributed by atoms with E-state index >= 15 is 0 Å². The Balaban J connectivity index is 1.34. The molecule has 4 aromatic rings. The topological polar surface area (TPSA) is 123 Å². The summed E-state index contributed by atoms with van der Waals surface area (Å²) in [7, 11) is 4.46. The number of anilines is 2. The molecular weight excluding hydrogens is 733 g/mol. The lowest BCUT2D eigenvalue weighted by Gasteiger charge is -2.15. The molecule has 0 radical (unpaired) electrons. The number of halogens is 1. The van der Waals surface area contributed by atoms with Gasteiger partial charge in [-0.3, -0.25) is 19.2 Å². The Morgan fingerprint density at radius 1 is 0.872 bits per heavy atom. The van der Waals surface area contributed by atoms with E-state index in [-0.39, 0.29) is 23.9 Å². The summed E-state index contributed by atoms with van der Waals surface area (Å²) in [6.45, 7) is 0. The fraction of sp³-hybridized carbons (Fsp3) is 0.143. The van der Waals surface area contributed by atoms with Crippen molar-refractivity contribution in [3.8, 4) is 17.2 Å². The van der Waals surface area contributed by atoms with Gasteiger partial charge in [-0.05, 0) is 107 Å². The molecule has 4 aromatic carbocycles. The molecule has 240 valence electrons. The first-order valence-electron chi connectivity index (χ1n) is 14.3. The van der Waals surface area contributed by atoms with Gasteiger partial charge >= 0.3 is 0 Å². The molecule has 1 aliphatic heterocycles. The molecule has 47 heavy (non-hydrogen) atoms. The maximum Gasteiger partial charge on any atom is 0.272 e.